The van der Waals surface area contributed by atoms with Crippen molar-refractivity contribution in [1.29, 1.82) is 0 Å². The second-order valence-corrected chi connectivity index (χ2v) is 10.1. The van der Waals surface area contributed by atoms with Gasteiger partial charge in [0.25, 0.3) is 5.69 Å². The number of nitrogens with zero attached hydrogens (tertiary/aromatic N) is 2. The van der Waals surface area contributed by atoms with Crippen molar-refractivity contribution in [1.82, 2.24) is 0 Å². The lowest BCUT2D eigenvalue weighted by Gasteiger charge is -2.65. The van der Waals surface area contributed by atoms with Crippen LogP contribution >= 0.6 is 0 Å². The molecule has 3 aliphatic rings. The average molecular weight is 509 g/mol. The van der Waals surface area contributed by atoms with E-state index in [9.17, 15) is 30.3 Å². The van der Waals surface area contributed by atoms with Gasteiger partial charge in [0.1, 0.15) is 11.8 Å². The Labute approximate surface area is 210 Å². The zero-order chi connectivity index (χ0) is 25.7. The van der Waals surface area contributed by atoms with Crippen molar-refractivity contribution < 1.29 is 38.8 Å². The maximum Gasteiger partial charge on any atom is 0.269 e. The number of ether oxygens (including phenoxy) is 3. The second-order valence-electron chi connectivity index (χ2n) is 10.1. The number of nitro groups is 1. The van der Waals surface area contributed by atoms with Crippen LogP contribution in [0.1, 0.15) is 50.5 Å². The number of hydrogen-bond donors (Lipinski definition) is 2. The summed E-state index contributed by atoms with van der Waals surface area (Å²) in [7, 11) is 0. The van der Waals surface area contributed by atoms with Gasteiger partial charge in [0.05, 0.1) is 36.5 Å². The molecule has 11 nitrogen and oxygen atoms in total. The molecule has 3 fully saturated rings. The van der Waals surface area contributed by atoms with Crippen LogP contribution in [0.25, 0.3) is 0 Å². The normalized spacial score (nSPS) is 31.6. The number of carbonyl (C=O) groups is 1. The van der Waals surface area contributed by atoms with Gasteiger partial charge < -0.3 is 34.3 Å². The summed E-state index contributed by atoms with van der Waals surface area (Å²) in [6.07, 6.45) is 2.70. The van der Waals surface area contributed by atoms with Crippen LogP contribution in [0.5, 0.6) is 0 Å². The van der Waals surface area contributed by atoms with E-state index < -0.39 is 45.7 Å². The molecule has 6 unspecified atom stereocenters. The zero-order valence-corrected chi connectivity index (χ0v) is 20.4. The van der Waals surface area contributed by atoms with Crippen molar-refractivity contribution in [3.05, 3.63) is 45.2 Å². The summed E-state index contributed by atoms with van der Waals surface area (Å²) in [5, 5.41) is 45.2. The first-order valence-corrected chi connectivity index (χ1v) is 12.8. The first kappa shape index (κ1) is 27.1. The fourth-order valence-electron chi connectivity index (χ4n) is 5.80. The first-order valence-electron chi connectivity index (χ1n) is 12.8. The summed E-state index contributed by atoms with van der Waals surface area (Å²) in [5.74, 6) is -2.12. The van der Waals surface area contributed by atoms with Gasteiger partial charge >= 0.3 is 0 Å². The predicted octanol–water partition coefficient (Wildman–Crippen LogP) is 2.41. The number of rotatable bonds is 11. The highest BCUT2D eigenvalue weighted by molar-refractivity contribution is 5.84. The van der Waals surface area contributed by atoms with Crippen LogP contribution < -0.4 is 0 Å². The second kappa shape index (κ2) is 12.0. The van der Waals surface area contributed by atoms with Gasteiger partial charge in [-0.05, 0) is 37.7 Å². The lowest BCUT2D eigenvalue weighted by molar-refractivity contribution is -1.00. The summed E-state index contributed by atoms with van der Waals surface area (Å²) >= 11 is 0. The summed E-state index contributed by atoms with van der Waals surface area (Å²) < 4.78 is 16.7. The Bertz CT molecular complexity index is 884. The molecule has 0 bridgehead atoms. The van der Waals surface area contributed by atoms with Gasteiger partial charge in [-0.1, -0.05) is 12.1 Å². The van der Waals surface area contributed by atoms with Crippen molar-refractivity contribution in [2.45, 2.75) is 76.2 Å². The van der Waals surface area contributed by atoms with Crippen molar-refractivity contribution in [2.75, 3.05) is 26.4 Å². The molecule has 1 aromatic rings. The molecule has 0 amide bonds. The van der Waals surface area contributed by atoms with Crippen molar-refractivity contribution in [2.24, 2.45) is 11.8 Å². The lowest BCUT2D eigenvalue weighted by atomic mass is 9.72. The van der Waals surface area contributed by atoms with Gasteiger partial charge in [-0.3, -0.25) is 14.9 Å². The molecule has 3 aliphatic heterocycles. The fraction of sp³-hybridized carbons (Fsp3) is 0.720. The Hall–Kier alpha value is -1.99. The fourth-order valence-corrected chi connectivity index (χ4v) is 5.80. The highest BCUT2D eigenvalue weighted by Crippen LogP contribution is 2.45. The molecule has 6 atom stereocenters. The Morgan fingerprint density at radius 1 is 1.11 bits per heavy atom. The summed E-state index contributed by atoms with van der Waals surface area (Å²) in [6.45, 7) is 1.49. The summed E-state index contributed by atoms with van der Waals surface area (Å²) in [6, 6.07) is 5.01. The SMILES string of the molecule is O=C(Cc1ccc([N+](=O)[O-])cc1)C(C(O)O)C1C[N+]([O-])(C2CCCCO2)C1CCOC1CCCCO1. The number of hydroxylamine groups is 3. The van der Waals surface area contributed by atoms with E-state index in [4.69, 9.17) is 14.2 Å². The zero-order valence-electron chi connectivity index (χ0n) is 20.4. The van der Waals surface area contributed by atoms with Crippen LogP contribution in [0.15, 0.2) is 24.3 Å². The molecule has 0 spiro atoms. The molecular weight excluding hydrogens is 472 g/mol. The highest BCUT2D eigenvalue weighted by Gasteiger charge is 2.58. The number of hydrogen-bond acceptors (Lipinski definition) is 9. The van der Waals surface area contributed by atoms with E-state index in [1.165, 1.54) is 24.3 Å². The Balaban J connectivity index is 1.46. The molecule has 4 rings (SSSR count). The minimum absolute atomic E-state index is 0.0591. The molecular formula is C25H36N2O9. The molecule has 0 saturated carbocycles. The van der Waals surface area contributed by atoms with Gasteiger partial charge in [-0.25, -0.2) is 0 Å². The number of ketones is 1. The van der Waals surface area contributed by atoms with E-state index in [1.54, 1.807) is 0 Å². The van der Waals surface area contributed by atoms with Crippen LogP contribution in [0.4, 0.5) is 5.69 Å². The molecule has 3 saturated heterocycles. The minimum Gasteiger partial charge on any atom is -0.631 e. The van der Waals surface area contributed by atoms with Gasteiger partial charge in [-0.15, -0.1) is 0 Å². The van der Waals surface area contributed by atoms with E-state index in [-0.39, 0.29) is 31.5 Å². The standard InChI is InChI=1S/C25H36N2O9/c28-21(15-17-7-9-18(10-8-17)26(31)32)24(25(29)30)19-16-27(33,22-5-1-3-12-34-22)20(19)11-14-36-23-6-2-4-13-35-23/h7-10,19-20,22-25,29-30H,1-6,11-16H2. The number of non-ortho nitro benzene ring substituents is 1. The van der Waals surface area contributed by atoms with Gasteiger partial charge in [-0.2, -0.15) is 0 Å². The van der Waals surface area contributed by atoms with Gasteiger partial charge in [0, 0.05) is 38.0 Å². The molecule has 0 aliphatic carbocycles. The third-order valence-electron chi connectivity index (χ3n) is 7.73. The third-order valence-corrected chi connectivity index (χ3v) is 7.73. The molecule has 3 heterocycles. The smallest absolute Gasteiger partial charge is 0.269 e. The Morgan fingerprint density at radius 2 is 1.81 bits per heavy atom. The number of carbonyl (C=O) groups excluding carboxylic acids is 1. The number of aliphatic hydroxyl groups is 2. The number of likely N-dealkylation sites (tertiary alicyclic amines) is 1. The minimum atomic E-state index is -1.92. The number of aliphatic hydroxyl groups excluding tert-OH is 1. The highest BCUT2D eigenvalue weighted by atomic mass is 16.7. The van der Waals surface area contributed by atoms with Crippen molar-refractivity contribution >= 4 is 11.5 Å². The van der Waals surface area contributed by atoms with Crippen molar-refractivity contribution in [3.8, 4) is 0 Å². The maximum absolute atomic E-state index is 13.9. The van der Waals surface area contributed by atoms with E-state index in [1.807, 2.05) is 0 Å². The number of Topliss-reactive ketones (excluding diaryl/α,β-unsaturated/α-hetero) is 1. The predicted molar refractivity (Wildman–Crippen MR) is 127 cm³/mol. The van der Waals surface area contributed by atoms with Crippen molar-refractivity contribution in [3.63, 3.8) is 0 Å². The van der Waals surface area contributed by atoms with Gasteiger partial charge in [0.15, 0.2) is 18.8 Å². The van der Waals surface area contributed by atoms with E-state index in [0.29, 0.717) is 31.6 Å². The Kier molecular flexibility index (Phi) is 9.05. The van der Waals surface area contributed by atoms with Crippen LogP contribution in [0.3, 0.4) is 0 Å². The number of nitro benzene ring substituents is 1. The monoisotopic (exact) mass is 508 g/mol. The molecule has 36 heavy (non-hydrogen) atoms. The average Bonchev–Trinajstić information content (AvgIpc) is 2.87. The molecule has 200 valence electrons. The van der Waals surface area contributed by atoms with E-state index in [2.05, 4.69) is 0 Å². The van der Waals surface area contributed by atoms with Crippen LogP contribution in [-0.2, 0) is 25.4 Å². The maximum atomic E-state index is 13.9. The van der Waals surface area contributed by atoms with Crippen LogP contribution in [-0.4, -0.2) is 76.8 Å². The van der Waals surface area contributed by atoms with E-state index >= 15 is 0 Å². The first-order chi connectivity index (χ1) is 17.3. The molecule has 0 radical (unpaired) electrons. The summed E-state index contributed by atoms with van der Waals surface area (Å²) in [5.41, 5.74) is 0.440. The summed E-state index contributed by atoms with van der Waals surface area (Å²) in [4.78, 5) is 23.6. The number of quaternary nitrogens is 1. The quantitative estimate of drug-likeness (QED) is 0.151. The molecule has 1 aromatic carbocycles. The molecule has 0 aromatic heterocycles. The van der Waals surface area contributed by atoms with Crippen LogP contribution in [0, 0.1) is 27.2 Å². The van der Waals surface area contributed by atoms with E-state index in [0.717, 1.165) is 32.1 Å². The Morgan fingerprint density at radius 3 is 2.39 bits per heavy atom. The molecule has 2 N–H and O–H groups in total. The molecule has 11 heteroatoms. The topological polar surface area (TPSA) is 151 Å². The van der Waals surface area contributed by atoms with Gasteiger partial charge in [0.2, 0.25) is 0 Å². The number of benzene rings is 1. The third kappa shape index (κ3) is 6.10. The lowest BCUT2D eigenvalue weighted by Crippen LogP contribution is -2.75. The largest absolute Gasteiger partial charge is 0.631 e. The van der Waals surface area contributed by atoms with Crippen LogP contribution in [0.2, 0.25) is 0 Å².